The summed E-state index contributed by atoms with van der Waals surface area (Å²) in [4.78, 5) is 25.1. The molecule has 20 heavy (non-hydrogen) atoms. The molecule has 6 nitrogen and oxygen atoms in total. The molecular formula is C14H22N4O2. The number of rotatable bonds is 6. The highest BCUT2D eigenvalue weighted by Crippen LogP contribution is 2.17. The molecule has 0 spiro atoms. The number of nitrogens with zero attached hydrogens (tertiary/aromatic N) is 1. The molecule has 0 aliphatic heterocycles. The fourth-order valence-electron chi connectivity index (χ4n) is 1.78. The minimum Gasteiger partial charge on any atom is -0.399 e. The van der Waals surface area contributed by atoms with Gasteiger partial charge < -0.3 is 16.4 Å². The molecule has 0 aliphatic carbocycles. The number of aryl methyl sites for hydroxylation is 1. The van der Waals surface area contributed by atoms with E-state index in [9.17, 15) is 9.59 Å². The summed E-state index contributed by atoms with van der Waals surface area (Å²) in [5.41, 5.74) is 7.97. The molecule has 1 aromatic rings. The Hall–Kier alpha value is -2.08. The van der Waals surface area contributed by atoms with Crippen molar-refractivity contribution in [2.75, 3.05) is 37.7 Å². The first-order valence-corrected chi connectivity index (χ1v) is 6.55. The molecule has 0 radical (unpaired) electrons. The maximum atomic E-state index is 12.0. The Kier molecular flexibility index (Phi) is 5.99. The SMILES string of the molecule is CCN(CC(=O)NC)CC(=O)Nc1ccc(N)cc1C. The topological polar surface area (TPSA) is 87.5 Å². The summed E-state index contributed by atoms with van der Waals surface area (Å²) < 4.78 is 0. The third-order valence-corrected chi connectivity index (χ3v) is 2.99. The molecule has 0 aliphatic rings. The van der Waals surface area contributed by atoms with Gasteiger partial charge in [0.25, 0.3) is 0 Å². The number of carbonyl (C=O) groups is 2. The minimum absolute atomic E-state index is 0.108. The molecule has 4 N–H and O–H groups in total. The quantitative estimate of drug-likeness (QED) is 0.664. The Bertz CT molecular complexity index is 488. The number of nitrogen functional groups attached to an aromatic ring is 1. The monoisotopic (exact) mass is 278 g/mol. The molecule has 0 atom stereocenters. The second-order valence-corrected chi connectivity index (χ2v) is 4.60. The first kappa shape index (κ1) is 16.0. The average molecular weight is 278 g/mol. The molecule has 2 amide bonds. The molecule has 1 aromatic carbocycles. The number of amides is 2. The van der Waals surface area contributed by atoms with E-state index in [-0.39, 0.29) is 24.9 Å². The van der Waals surface area contributed by atoms with Crippen molar-refractivity contribution in [1.29, 1.82) is 0 Å². The van der Waals surface area contributed by atoms with Gasteiger partial charge in [-0.25, -0.2) is 0 Å². The molecule has 0 unspecified atom stereocenters. The van der Waals surface area contributed by atoms with Gasteiger partial charge in [-0.15, -0.1) is 0 Å². The first-order chi connectivity index (χ1) is 9.46. The van der Waals surface area contributed by atoms with Crippen LogP contribution in [0.25, 0.3) is 0 Å². The van der Waals surface area contributed by atoms with E-state index in [4.69, 9.17) is 5.73 Å². The summed E-state index contributed by atoms with van der Waals surface area (Å²) in [7, 11) is 1.58. The summed E-state index contributed by atoms with van der Waals surface area (Å²) in [5.74, 6) is -0.257. The van der Waals surface area contributed by atoms with Crippen LogP contribution < -0.4 is 16.4 Å². The molecule has 110 valence electrons. The normalized spacial score (nSPS) is 10.4. The van der Waals surface area contributed by atoms with Crippen molar-refractivity contribution in [2.24, 2.45) is 0 Å². The second kappa shape index (κ2) is 7.49. The summed E-state index contributed by atoms with van der Waals surface area (Å²) in [6.07, 6.45) is 0. The van der Waals surface area contributed by atoms with Gasteiger partial charge in [0.05, 0.1) is 13.1 Å². The third kappa shape index (κ3) is 4.89. The van der Waals surface area contributed by atoms with Crippen LogP contribution in [-0.4, -0.2) is 43.4 Å². The zero-order chi connectivity index (χ0) is 15.1. The van der Waals surface area contributed by atoms with Crippen molar-refractivity contribution < 1.29 is 9.59 Å². The zero-order valence-corrected chi connectivity index (χ0v) is 12.2. The lowest BCUT2D eigenvalue weighted by atomic mass is 10.2. The molecule has 0 aromatic heterocycles. The van der Waals surface area contributed by atoms with Gasteiger partial charge in [0, 0.05) is 18.4 Å². The van der Waals surface area contributed by atoms with Crippen LogP contribution in [0.15, 0.2) is 18.2 Å². The Morgan fingerprint density at radius 1 is 1.25 bits per heavy atom. The van der Waals surface area contributed by atoms with Crippen LogP contribution in [0.5, 0.6) is 0 Å². The predicted molar refractivity (Wildman–Crippen MR) is 80.4 cm³/mol. The standard InChI is InChI=1S/C14H22N4O2/c1-4-18(8-13(19)16-3)9-14(20)17-12-6-5-11(15)7-10(12)2/h5-7H,4,8-9,15H2,1-3H3,(H,16,19)(H,17,20). The van der Waals surface area contributed by atoms with E-state index in [1.807, 2.05) is 13.8 Å². The van der Waals surface area contributed by atoms with Gasteiger partial charge in [0.2, 0.25) is 11.8 Å². The van der Waals surface area contributed by atoms with Crippen LogP contribution in [0.2, 0.25) is 0 Å². The number of anilines is 2. The van der Waals surface area contributed by atoms with Crippen LogP contribution in [0.1, 0.15) is 12.5 Å². The van der Waals surface area contributed by atoms with Gasteiger partial charge >= 0.3 is 0 Å². The van der Waals surface area contributed by atoms with Gasteiger partial charge in [0.1, 0.15) is 0 Å². The number of nitrogens with two attached hydrogens (primary N) is 1. The Labute approximate surface area is 119 Å². The van der Waals surface area contributed by atoms with Gasteiger partial charge in [0.15, 0.2) is 0 Å². The van der Waals surface area contributed by atoms with E-state index in [0.717, 1.165) is 11.3 Å². The maximum Gasteiger partial charge on any atom is 0.238 e. The minimum atomic E-state index is -0.149. The Balaban J connectivity index is 2.59. The van der Waals surface area contributed by atoms with Crippen LogP contribution in [0.4, 0.5) is 11.4 Å². The summed E-state index contributed by atoms with van der Waals surface area (Å²) >= 11 is 0. The number of likely N-dealkylation sites (N-methyl/N-ethyl adjacent to an activating group) is 2. The van der Waals surface area contributed by atoms with Crippen molar-refractivity contribution in [2.45, 2.75) is 13.8 Å². The molecule has 0 saturated carbocycles. The molecule has 0 bridgehead atoms. The smallest absolute Gasteiger partial charge is 0.238 e. The molecule has 0 heterocycles. The summed E-state index contributed by atoms with van der Waals surface area (Å²) in [5, 5.41) is 5.37. The van der Waals surface area contributed by atoms with Gasteiger partial charge in [-0.05, 0) is 37.2 Å². The van der Waals surface area contributed by atoms with Gasteiger partial charge in [-0.1, -0.05) is 6.92 Å². The second-order valence-electron chi connectivity index (χ2n) is 4.60. The van der Waals surface area contributed by atoms with E-state index >= 15 is 0 Å². The average Bonchev–Trinajstić information content (AvgIpc) is 2.41. The van der Waals surface area contributed by atoms with E-state index in [2.05, 4.69) is 10.6 Å². The number of nitrogens with one attached hydrogen (secondary N) is 2. The van der Waals surface area contributed by atoms with Gasteiger partial charge in [-0.3, -0.25) is 14.5 Å². The molecule has 0 fully saturated rings. The lowest BCUT2D eigenvalue weighted by Crippen LogP contribution is -2.40. The lowest BCUT2D eigenvalue weighted by molar-refractivity contribution is -0.123. The van der Waals surface area contributed by atoms with Crippen molar-refractivity contribution in [3.05, 3.63) is 23.8 Å². The number of carbonyl (C=O) groups excluding carboxylic acids is 2. The molecular weight excluding hydrogens is 256 g/mol. The molecule has 1 rings (SSSR count). The van der Waals surface area contributed by atoms with Crippen LogP contribution in [0, 0.1) is 6.92 Å². The fraction of sp³-hybridized carbons (Fsp3) is 0.429. The Morgan fingerprint density at radius 2 is 1.90 bits per heavy atom. The predicted octanol–water partition coefficient (Wildman–Crippen LogP) is 0.584. The van der Waals surface area contributed by atoms with E-state index in [1.165, 1.54) is 0 Å². The van der Waals surface area contributed by atoms with Crippen molar-refractivity contribution in [3.8, 4) is 0 Å². The number of hydrogen-bond acceptors (Lipinski definition) is 4. The maximum absolute atomic E-state index is 12.0. The van der Waals surface area contributed by atoms with E-state index < -0.39 is 0 Å². The highest BCUT2D eigenvalue weighted by atomic mass is 16.2. The van der Waals surface area contributed by atoms with Crippen LogP contribution in [-0.2, 0) is 9.59 Å². The first-order valence-electron chi connectivity index (χ1n) is 6.55. The third-order valence-electron chi connectivity index (χ3n) is 2.99. The summed E-state index contributed by atoms with van der Waals surface area (Å²) in [6, 6.07) is 5.32. The number of benzene rings is 1. The largest absolute Gasteiger partial charge is 0.399 e. The number of hydrogen-bond donors (Lipinski definition) is 3. The van der Waals surface area contributed by atoms with Crippen molar-refractivity contribution in [1.82, 2.24) is 10.2 Å². The zero-order valence-electron chi connectivity index (χ0n) is 12.2. The van der Waals surface area contributed by atoms with Crippen molar-refractivity contribution >= 4 is 23.2 Å². The van der Waals surface area contributed by atoms with Crippen LogP contribution in [0.3, 0.4) is 0 Å². The lowest BCUT2D eigenvalue weighted by Gasteiger charge is -2.19. The molecule has 6 heteroatoms. The van der Waals surface area contributed by atoms with E-state index in [0.29, 0.717) is 12.2 Å². The molecule has 0 saturated heterocycles. The Morgan fingerprint density at radius 3 is 2.45 bits per heavy atom. The van der Waals surface area contributed by atoms with Gasteiger partial charge in [-0.2, -0.15) is 0 Å². The summed E-state index contributed by atoms with van der Waals surface area (Å²) in [6.45, 7) is 4.80. The highest BCUT2D eigenvalue weighted by molar-refractivity contribution is 5.93. The van der Waals surface area contributed by atoms with E-state index in [1.54, 1.807) is 30.1 Å². The van der Waals surface area contributed by atoms with Crippen LogP contribution >= 0.6 is 0 Å². The highest BCUT2D eigenvalue weighted by Gasteiger charge is 2.13. The van der Waals surface area contributed by atoms with Crippen molar-refractivity contribution in [3.63, 3.8) is 0 Å². The fourth-order valence-corrected chi connectivity index (χ4v) is 1.78.